The van der Waals surface area contributed by atoms with Crippen LogP contribution in [0.25, 0.3) is 0 Å². The molecule has 1 aromatic heterocycles. The van der Waals surface area contributed by atoms with Crippen molar-refractivity contribution >= 4 is 6.09 Å². The fourth-order valence-electron chi connectivity index (χ4n) is 3.43. The number of aromatic nitrogens is 2. The van der Waals surface area contributed by atoms with Crippen LogP contribution in [0.5, 0.6) is 0 Å². The van der Waals surface area contributed by atoms with Crippen molar-refractivity contribution in [2.24, 2.45) is 0 Å². The fourth-order valence-corrected chi connectivity index (χ4v) is 3.43. The smallest absolute Gasteiger partial charge is 0.408 e. The number of H-pyrrole nitrogens is 1. The molecule has 1 aliphatic rings. The van der Waals surface area contributed by atoms with Crippen LogP contribution in [0, 0.1) is 0 Å². The minimum atomic E-state index is -0.715. The van der Waals surface area contributed by atoms with Crippen LogP contribution < -0.4 is 16.6 Å². The number of nitrogens with zero attached hydrogens (tertiary/aromatic N) is 2. The standard InChI is InChI=1S/C21H28N4O6/c1-21(2,3)30-20(29)22-15(13-26)16-11-18(24-10-9-17(27)23-19(24)28)31-25(16)12-14-7-5-4-6-8-14/h4-10,15-16,18,26H,11-13H2,1-3H3,(H,22,29)(H,23,27,28)/t15-,16+,18+/m0/s1. The van der Waals surface area contributed by atoms with Gasteiger partial charge in [0.15, 0.2) is 6.23 Å². The van der Waals surface area contributed by atoms with E-state index >= 15 is 0 Å². The molecule has 3 N–H and O–H groups in total. The van der Waals surface area contributed by atoms with Crippen LogP contribution in [0.4, 0.5) is 4.79 Å². The number of carbonyl (C=O) groups excluding carboxylic acids is 1. The lowest BCUT2D eigenvalue weighted by atomic mass is 10.0. The number of amides is 1. The Labute approximate surface area is 179 Å². The topological polar surface area (TPSA) is 126 Å². The lowest BCUT2D eigenvalue weighted by Gasteiger charge is -2.30. The summed E-state index contributed by atoms with van der Waals surface area (Å²) in [5, 5.41) is 14.3. The summed E-state index contributed by atoms with van der Waals surface area (Å²) in [6.07, 6.45) is 0.285. The quantitative estimate of drug-likeness (QED) is 0.625. The highest BCUT2D eigenvalue weighted by Crippen LogP contribution is 2.31. The van der Waals surface area contributed by atoms with Crippen LogP contribution >= 0.6 is 0 Å². The van der Waals surface area contributed by atoms with E-state index in [1.165, 1.54) is 16.8 Å². The lowest BCUT2D eigenvalue weighted by molar-refractivity contribution is -0.194. The summed E-state index contributed by atoms with van der Waals surface area (Å²) in [5.41, 5.74) is -0.836. The van der Waals surface area contributed by atoms with Gasteiger partial charge in [0.25, 0.3) is 5.56 Å². The van der Waals surface area contributed by atoms with E-state index in [9.17, 15) is 19.5 Å². The highest BCUT2D eigenvalue weighted by atomic mass is 16.7. The molecule has 2 heterocycles. The van der Waals surface area contributed by atoms with Gasteiger partial charge < -0.3 is 15.2 Å². The van der Waals surface area contributed by atoms with E-state index in [0.29, 0.717) is 13.0 Å². The zero-order valence-corrected chi connectivity index (χ0v) is 17.8. The monoisotopic (exact) mass is 432 g/mol. The van der Waals surface area contributed by atoms with Crippen LogP contribution in [0.15, 0.2) is 52.2 Å². The van der Waals surface area contributed by atoms with Gasteiger partial charge in [-0.25, -0.2) is 9.59 Å². The maximum Gasteiger partial charge on any atom is 0.408 e. The Morgan fingerprint density at radius 3 is 2.61 bits per heavy atom. The molecule has 2 aromatic rings. The van der Waals surface area contributed by atoms with Crippen LogP contribution in [-0.2, 0) is 16.1 Å². The Hall–Kier alpha value is -2.95. The molecular formula is C21H28N4O6. The van der Waals surface area contributed by atoms with Crippen LogP contribution in [0.1, 0.15) is 39.0 Å². The van der Waals surface area contributed by atoms with E-state index in [-0.39, 0.29) is 6.61 Å². The molecule has 0 unspecified atom stereocenters. The third kappa shape index (κ3) is 6.03. The van der Waals surface area contributed by atoms with Gasteiger partial charge in [-0.3, -0.25) is 19.2 Å². The summed E-state index contributed by atoms with van der Waals surface area (Å²) in [6.45, 7) is 5.26. The predicted molar refractivity (Wildman–Crippen MR) is 112 cm³/mol. The number of rotatable bonds is 6. The molecule has 168 valence electrons. The minimum absolute atomic E-state index is 0.291. The van der Waals surface area contributed by atoms with Crippen molar-refractivity contribution in [3.63, 3.8) is 0 Å². The molecule has 0 spiro atoms. The van der Waals surface area contributed by atoms with Gasteiger partial charge in [0.05, 0.1) is 18.7 Å². The number of nitrogens with one attached hydrogen (secondary N) is 2. The van der Waals surface area contributed by atoms with Gasteiger partial charge in [-0.2, -0.15) is 5.06 Å². The number of aromatic amines is 1. The van der Waals surface area contributed by atoms with Crippen molar-refractivity contribution < 1.29 is 19.5 Å². The first-order valence-corrected chi connectivity index (χ1v) is 10.1. The van der Waals surface area contributed by atoms with E-state index < -0.39 is 41.3 Å². The van der Waals surface area contributed by atoms with E-state index in [4.69, 9.17) is 9.57 Å². The van der Waals surface area contributed by atoms with Crippen molar-refractivity contribution in [1.29, 1.82) is 0 Å². The summed E-state index contributed by atoms with van der Waals surface area (Å²) in [6, 6.07) is 9.62. The van der Waals surface area contributed by atoms with E-state index in [2.05, 4.69) is 10.3 Å². The number of ether oxygens (including phenoxy) is 1. The van der Waals surface area contributed by atoms with Gasteiger partial charge in [0, 0.05) is 25.2 Å². The number of hydroxylamine groups is 2. The van der Waals surface area contributed by atoms with Crippen molar-refractivity contribution in [1.82, 2.24) is 19.9 Å². The molecule has 0 bridgehead atoms. The van der Waals surface area contributed by atoms with Gasteiger partial charge in [0.2, 0.25) is 0 Å². The second-order valence-electron chi connectivity index (χ2n) is 8.38. The van der Waals surface area contributed by atoms with Crippen LogP contribution in [0.2, 0.25) is 0 Å². The van der Waals surface area contributed by atoms with Gasteiger partial charge in [0.1, 0.15) is 5.60 Å². The molecule has 10 heteroatoms. The van der Waals surface area contributed by atoms with Crippen LogP contribution in [0.3, 0.4) is 0 Å². The number of alkyl carbamates (subject to hydrolysis) is 1. The minimum Gasteiger partial charge on any atom is -0.444 e. The fraction of sp³-hybridized carbons (Fsp3) is 0.476. The van der Waals surface area contributed by atoms with Crippen molar-refractivity contribution in [2.75, 3.05) is 6.61 Å². The largest absolute Gasteiger partial charge is 0.444 e. The van der Waals surface area contributed by atoms with Gasteiger partial charge in [-0.15, -0.1) is 0 Å². The molecule has 1 aromatic carbocycles. The molecule has 10 nitrogen and oxygen atoms in total. The molecule has 0 aliphatic carbocycles. The van der Waals surface area contributed by atoms with Crippen molar-refractivity contribution in [3.05, 3.63) is 69.0 Å². The molecule has 0 saturated carbocycles. The Morgan fingerprint density at radius 1 is 1.29 bits per heavy atom. The van der Waals surface area contributed by atoms with Crippen molar-refractivity contribution in [3.8, 4) is 0 Å². The molecule has 1 saturated heterocycles. The normalized spacial score (nSPS) is 20.4. The summed E-state index contributed by atoms with van der Waals surface area (Å²) >= 11 is 0. The first-order chi connectivity index (χ1) is 14.7. The third-order valence-electron chi connectivity index (χ3n) is 4.78. The molecule has 31 heavy (non-hydrogen) atoms. The van der Waals surface area contributed by atoms with Crippen LogP contribution in [-0.4, -0.2) is 50.1 Å². The Bertz CT molecular complexity index is 997. The zero-order valence-electron chi connectivity index (χ0n) is 17.8. The number of aliphatic hydroxyl groups is 1. The Kier molecular flexibility index (Phi) is 6.94. The Balaban J connectivity index is 1.84. The Morgan fingerprint density at radius 2 is 2.00 bits per heavy atom. The average molecular weight is 432 g/mol. The molecule has 0 radical (unpaired) electrons. The number of carbonyl (C=O) groups is 1. The first-order valence-electron chi connectivity index (χ1n) is 10.1. The second kappa shape index (κ2) is 9.46. The zero-order chi connectivity index (χ0) is 22.6. The van der Waals surface area contributed by atoms with Gasteiger partial charge in [-0.05, 0) is 26.3 Å². The highest BCUT2D eigenvalue weighted by Gasteiger charge is 2.40. The third-order valence-corrected chi connectivity index (χ3v) is 4.78. The highest BCUT2D eigenvalue weighted by molar-refractivity contribution is 5.68. The van der Waals surface area contributed by atoms with Gasteiger partial charge in [-0.1, -0.05) is 30.3 Å². The van der Waals surface area contributed by atoms with E-state index in [1.807, 2.05) is 30.3 Å². The SMILES string of the molecule is CC(C)(C)OC(=O)N[C@@H](CO)[C@H]1C[C@H](n2ccc(=O)[nH]c2=O)ON1Cc1ccccc1. The van der Waals surface area contributed by atoms with E-state index in [1.54, 1.807) is 25.8 Å². The van der Waals surface area contributed by atoms with Gasteiger partial charge >= 0.3 is 11.8 Å². The van der Waals surface area contributed by atoms with Crippen molar-refractivity contribution in [2.45, 2.75) is 57.6 Å². The maximum absolute atomic E-state index is 12.3. The molecule has 1 amide bonds. The lowest BCUT2D eigenvalue weighted by Crippen LogP contribution is -2.51. The number of benzene rings is 1. The number of aliphatic hydroxyl groups excluding tert-OH is 1. The summed E-state index contributed by atoms with van der Waals surface area (Å²) in [7, 11) is 0. The number of hydrogen-bond donors (Lipinski definition) is 3. The summed E-state index contributed by atoms with van der Waals surface area (Å²) in [4.78, 5) is 44.2. The second-order valence-corrected chi connectivity index (χ2v) is 8.38. The maximum atomic E-state index is 12.3. The predicted octanol–water partition coefficient (Wildman–Crippen LogP) is 1.13. The number of hydrogen-bond acceptors (Lipinski definition) is 7. The molecule has 1 aliphatic heterocycles. The summed E-state index contributed by atoms with van der Waals surface area (Å²) < 4.78 is 6.59. The molecule has 3 rings (SSSR count). The summed E-state index contributed by atoms with van der Waals surface area (Å²) in [5.74, 6) is 0. The van der Waals surface area contributed by atoms with E-state index in [0.717, 1.165) is 5.56 Å². The first kappa shape index (κ1) is 22.7. The molecular weight excluding hydrogens is 404 g/mol. The average Bonchev–Trinajstić information content (AvgIpc) is 3.08. The molecule has 1 fully saturated rings. The molecule has 3 atom stereocenters.